The lowest BCUT2D eigenvalue weighted by Gasteiger charge is -2.19. The van der Waals surface area contributed by atoms with Crippen molar-refractivity contribution in [2.75, 3.05) is 6.61 Å². The van der Waals surface area contributed by atoms with E-state index in [4.69, 9.17) is 4.74 Å². The molecule has 0 heterocycles. The molecule has 1 aliphatic carbocycles. The van der Waals surface area contributed by atoms with E-state index in [1.54, 1.807) is 24.3 Å². The van der Waals surface area contributed by atoms with E-state index >= 15 is 0 Å². The Labute approximate surface area is 135 Å². The summed E-state index contributed by atoms with van der Waals surface area (Å²) in [5.74, 6) is 0.965. The van der Waals surface area contributed by atoms with Crippen LogP contribution in [0.4, 0.5) is 0 Å². The molecule has 1 atom stereocenters. The van der Waals surface area contributed by atoms with Crippen LogP contribution in [-0.4, -0.2) is 18.8 Å². The summed E-state index contributed by atoms with van der Waals surface area (Å²) in [7, 11) is 0. The molecular weight excluding hydrogens is 290 g/mol. The van der Waals surface area contributed by atoms with Crippen LogP contribution in [0.2, 0.25) is 0 Å². The first-order valence-corrected chi connectivity index (χ1v) is 7.78. The van der Waals surface area contributed by atoms with Crippen molar-refractivity contribution in [1.82, 2.24) is 5.32 Å². The number of benzene rings is 2. The third-order valence-electron chi connectivity index (χ3n) is 3.95. The summed E-state index contributed by atoms with van der Waals surface area (Å²) < 4.78 is 5.48. The molecule has 0 saturated heterocycles. The van der Waals surface area contributed by atoms with Crippen molar-refractivity contribution in [2.24, 2.45) is 5.92 Å². The van der Waals surface area contributed by atoms with Crippen molar-refractivity contribution in [3.05, 3.63) is 65.7 Å². The summed E-state index contributed by atoms with van der Waals surface area (Å²) in [6, 6.07) is 16.8. The molecule has 0 radical (unpaired) electrons. The van der Waals surface area contributed by atoms with E-state index in [0.717, 1.165) is 24.7 Å². The second-order valence-corrected chi connectivity index (χ2v) is 5.77. The molecule has 1 N–H and O–H groups in total. The Balaban J connectivity index is 1.56. The van der Waals surface area contributed by atoms with Crippen LogP contribution in [0.5, 0.6) is 5.75 Å². The molecule has 1 unspecified atom stereocenters. The molecule has 1 saturated carbocycles. The van der Waals surface area contributed by atoms with Gasteiger partial charge in [-0.15, -0.1) is 0 Å². The fourth-order valence-electron chi connectivity index (χ4n) is 2.57. The lowest BCUT2D eigenvalue weighted by Crippen LogP contribution is -2.33. The predicted molar refractivity (Wildman–Crippen MR) is 87.4 cm³/mol. The van der Waals surface area contributed by atoms with E-state index in [2.05, 4.69) is 5.32 Å². The molecule has 1 fully saturated rings. The average Bonchev–Trinajstić information content (AvgIpc) is 3.44. The van der Waals surface area contributed by atoms with Crippen LogP contribution in [0.15, 0.2) is 54.6 Å². The minimum absolute atomic E-state index is 0.0313. The van der Waals surface area contributed by atoms with Crippen molar-refractivity contribution in [1.29, 1.82) is 0 Å². The molecule has 2 aromatic rings. The molecule has 4 nitrogen and oxygen atoms in total. The van der Waals surface area contributed by atoms with Gasteiger partial charge < -0.3 is 10.1 Å². The number of nitrogens with one attached hydrogen (secondary N) is 1. The molecule has 0 bridgehead atoms. The summed E-state index contributed by atoms with van der Waals surface area (Å²) in [6.45, 7) is -0.0313. The summed E-state index contributed by atoms with van der Waals surface area (Å²) in [4.78, 5) is 22.8. The summed E-state index contributed by atoms with van der Waals surface area (Å²) >= 11 is 0. The zero-order valence-electron chi connectivity index (χ0n) is 12.8. The molecule has 1 aliphatic rings. The molecule has 0 aromatic heterocycles. The predicted octanol–water partition coefficient (Wildman–Crippen LogP) is 3.15. The van der Waals surface area contributed by atoms with Gasteiger partial charge in [-0.2, -0.15) is 0 Å². The number of aldehydes is 1. The molecule has 3 rings (SSSR count). The van der Waals surface area contributed by atoms with Gasteiger partial charge in [0.1, 0.15) is 12.0 Å². The van der Waals surface area contributed by atoms with Crippen molar-refractivity contribution < 1.29 is 14.3 Å². The standard InChI is InChI=1S/C19H19NO3/c21-12-14-6-10-17(11-7-14)23-13-18(22)20-19(16-8-9-16)15-4-2-1-3-5-15/h1-7,10-12,16,19H,8-9,13H2,(H,20,22). The van der Waals surface area contributed by atoms with E-state index in [0.29, 0.717) is 17.2 Å². The highest BCUT2D eigenvalue weighted by atomic mass is 16.5. The summed E-state index contributed by atoms with van der Waals surface area (Å²) in [6.07, 6.45) is 3.07. The van der Waals surface area contributed by atoms with Crippen LogP contribution in [-0.2, 0) is 4.79 Å². The van der Waals surface area contributed by atoms with Gasteiger partial charge in [0, 0.05) is 5.56 Å². The van der Waals surface area contributed by atoms with Gasteiger partial charge in [-0.25, -0.2) is 0 Å². The van der Waals surface area contributed by atoms with Gasteiger partial charge in [-0.3, -0.25) is 9.59 Å². The fraction of sp³-hybridized carbons (Fsp3) is 0.263. The monoisotopic (exact) mass is 309 g/mol. The van der Waals surface area contributed by atoms with Gasteiger partial charge >= 0.3 is 0 Å². The first-order chi connectivity index (χ1) is 11.3. The normalized spacial score (nSPS) is 14.8. The van der Waals surface area contributed by atoms with E-state index in [1.807, 2.05) is 30.3 Å². The molecule has 0 spiro atoms. The Morgan fingerprint density at radius 1 is 1.13 bits per heavy atom. The Morgan fingerprint density at radius 3 is 2.43 bits per heavy atom. The average molecular weight is 309 g/mol. The number of ether oxygens (including phenoxy) is 1. The maximum atomic E-state index is 12.2. The fourth-order valence-corrected chi connectivity index (χ4v) is 2.57. The van der Waals surface area contributed by atoms with Crippen LogP contribution >= 0.6 is 0 Å². The molecule has 2 aromatic carbocycles. The Bertz CT molecular complexity index is 663. The minimum Gasteiger partial charge on any atom is -0.484 e. The topological polar surface area (TPSA) is 55.4 Å². The minimum atomic E-state index is -0.134. The van der Waals surface area contributed by atoms with Crippen molar-refractivity contribution in [3.63, 3.8) is 0 Å². The zero-order valence-corrected chi connectivity index (χ0v) is 12.8. The Hall–Kier alpha value is -2.62. The van der Waals surface area contributed by atoms with Gasteiger partial charge in [0.25, 0.3) is 5.91 Å². The highest BCUT2D eigenvalue weighted by Crippen LogP contribution is 2.40. The van der Waals surface area contributed by atoms with Crippen molar-refractivity contribution in [2.45, 2.75) is 18.9 Å². The molecule has 1 amide bonds. The maximum Gasteiger partial charge on any atom is 0.258 e. The lowest BCUT2D eigenvalue weighted by molar-refractivity contribution is -0.124. The van der Waals surface area contributed by atoms with E-state index in [-0.39, 0.29) is 18.6 Å². The number of hydrogen-bond acceptors (Lipinski definition) is 3. The van der Waals surface area contributed by atoms with E-state index < -0.39 is 0 Å². The highest BCUT2D eigenvalue weighted by molar-refractivity contribution is 5.78. The van der Waals surface area contributed by atoms with Crippen LogP contribution in [0.25, 0.3) is 0 Å². The number of carbonyl (C=O) groups excluding carboxylic acids is 2. The lowest BCUT2D eigenvalue weighted by atomic mass is 10.0. The van der Waals surface area contributed by atoms with Crippen LogP contribution in [0, 0.1) is 5.92 Å². The first-order valence-electron chi connectivity index (χ1n) is 7.78. The molecule has 0 aliphatic heterocycles. The van der Waals surface area contributed by atoms with E-state index in [9.17, 15) is 9.59 Å². The third-order valence-corrected chi connectivity index (χ3v) is 3.95. The number of rotatable bonds is 7. The second kappa shape index (κ2) is 7.09. The quantitative estimate of drug-likeness (QED) is 0.799. The largest absolute Gasteiger partial charge is 0.484 e. The summed E-state index contributed by atoms with van der Waals surface area (Å²) in [5.41, 5.74) is 1.72. The molecule has 118 valence electrons. The molecule has 4 heteroatoms. The smallest absolute Gasteiger partial charge is 0.258 e. The van der Waals surface area contributed by atoms with Crippen molar-refractivity contribution >= 4 is 12.2 Å². The second-order valence-electron chi connectivity index (χ2n) is 5.77. The Morgan fingerprint density at radius 2 is 1.83 bits per heavy atom. The maximum absolute atomic E-state index is 12.2. The highest BCUT2D eigenvalue weighted by Gasteiger charge is 2.33. The number of hydrogen-bond donors (Lipinski definition) is 1. The third kappa shape index (κ3) is 4.19. The van der Waals surface area contributed by atoms with Gasteiger partial charge in [-0.05, 0) is 48.6 Å². The van der Waals surface area contributed by atoms with Crippen LogP contribution < -0.4 is 10.1 Å². The van der Waals surface area contributed by atoms with Gasteiger partial charge in [0.15, 0.2) is 6.61 Å². The van der Waals surface area contributed by atoms with Gasteiger partial charge in [-0.1, -0.05) is 30.3 Å². The first kappa shape index (κ1) is 15.3. The SMILES string of the molecule is O=Cc1ccc(OCC(=O)NC(c2ccccc2)C2CC2)cc1. The molecule has 23 heavy (non-hydrogen) atoms. The van der Waals surface area contributed by atoms with Gasteiger partial charge in [0.05, 0.1) is 6.04 Å². The number of carbonyl (C=O) groups is 2. The molecular formula is C19H19NO3. The van der Waals surface area contributed by atoms with Gasteiger partial charge in [0.2, 0.25) is 0 Å². The van der Waals surface area contributed by atoms with E-state index in [1.165, 1.54) is 0 Å². The van der Waals surface area contributed by atoms with Crippen LogP contribution in [0.3, 0.4) is 0 Å². The van der Waals surface area contributed by atoms with Crippen LogP contribution in [0.1, 0.15) is 34.8 Å². The van der Waals surface area contributed by atoms with Crippen molar-refractivity contribution in [3.8, 4) is 5.75 Å². The zero-order chi connectivity index (χ0) is 16.1. The Kier molecular flexibility index (Phi) is 4.71. The number of amides is 1. The summed E-state index contributed by atoms with van der Waals surface area (Å²) in [5, 5.41) is 3.07.